The maximum absolute atomic E-state index is 12.2. The van der Waals surface area contributed by atoms with E-state index in [0.29, 0.717) is 17.3 Å². The van der Waals surface area contributed by atoms with Crippen LogP contribution >= 0.6 is 0 Å². The van der Waals surface area contributed by atoms with Gasteiger partial charge in [-0.2, -0.15) is 0 Å². The molecule has 25 heavy (non-hydrogen) atoms. The molecule has 0 aliphatic rings. The van der Waals surface area contributed by atoms with E-state index in [1.54, 1.807) is 24.3 Å². The van der Waals surface area contributed by atoms with Gasteiger partial charge < -0.3 is 15.4 Å². The normalized spacial score (nSPS) is 10.4. The zero-order valence-electron chi connectivity index (χ0n) is 15.1. The first-order valence-electron chi connectivity index (χ1n) is 8.26. The summed E-state index contributed by atoms with van der Waals surface area (Å²) in [5, 5.41) is 5.45. The fraction of sp³-hybridized carbons (Fsp3) is 0.300. The van der Waals surface area contributed by atoms with E-state index in [1.165, 1.54) is 6.92 Å². The van der Waals surface area contributed by atoms with Crippen LogP contribution in [0.5, 0.6) is 5.75 Å². The Morgan fingerprint density at radius 3 is 2.36 bits per heavy atom. The zero-order valence-corrected chi connectivity index (χ0v) is 15.1. The van der Waals surface area contributed by atoms with E-state index in [0.717, 1.165) is 16.9 Å². The highest BCUT2D eigenvalue weighted by Gasteiger charge is 2.10. The van der Waals surface area contributed by atoms with Crippen molar-refractivity contribution in [3.05, 3.63) is 53.6 Å². The third kappa shape index (κ3) is 5.64. The molecule has 2 aromatic rings. The van der Waals surface area contributed by atoms with Crippen molar-refractivity contribution in [1.29, 1.82) is 0 Å². The topological polar surface area (TPSA) is 67.4 Å². The van der Waals surface area contributed by atoms with Gasteiger partial charge in [0.1, 0.15) is 5.75 Å². The summed E-state index contributed by atoms with van der Waals surface area (Å²) < 4.78 is 5.73. The summed E-state index contributed by atoms with van der Waals surface area (Å²) in [5.74, 6) is 0.633. The second-order valence-corrected chi connectivity index (χ2v) is 6.29. The first kappa shape index (κ1) is 18.5. The van der Waals surface area contributed by atoms with Crippen LogP contribution in [0, 0.1) is 6.92 Å². The molecule has 0 unspecified atom stereocenters. The van der Waals surface area contributed by atoms with Gasteiger partial charge in [0.15, 0.2) is 6.61 Å². The monoisotopic (exact) mass is 340 g/mol. The molecular weight excluding hydrogens is 316 g/mol. The number of rotatable bonds is 6. The van der Waals surface area contributed by atoms with Crippen LogP contribution in [0.2, 0.25) is 0 Å². The SMILES string of the molecule is CC(=O)Nc1cccc(NC(=O)COc2cc(C)ccc2C(C)C)c1. The first-order chi connectivity index (χ1) is 11.8. The number of carbonyl (C=O) groups excluding carboxylic acids is 2. The number of ether oxygens (including phenoxy) is 1. The van der Waals surface area contributed by atoms with Gasteiger partial charge in [0.05, 0.1) is 0 Å². The molecule has 0 bridgehead atoms. The molecule has 0 radical (unpaired) electrons. The van der Waals surface area contributed by atoms with Crippen molar-refractivity contribution < 1.29 is 14.3 Å². The molecule has 0 aliphatic heterocycles. The highest BCUT2D eigenvalue weighted by Crippen LogP contribution is 2.27. The zero-order chi connectivity index (χ0) is 18.4. The number of hydrogen-bond acceptors (Lipinski definition) is 3. The van der Waals surface area contributed by atoms with Gasteiger partial charge in [-0.05, 0) is 48.2 Å². The minimum Gasteiger partial charge on any atom is -0.483 e. The van der Waals surface area contributed by atoms with E-state index in [9.17, 15) is 9.59 Å². The summed E-state index contributed by atoms with van der Waals surface area (Å²) >= 11 is 0. The minimum absolute atomic E-state index is 0.0759. The average Bonchev–Trinajstić information content (AvgIpc) is 2.52. The Hall–Kier alpha value is -2.82. The Morgan fingerprint density at radius 2 is 1.72 bits per heavy atom. The van der Waals surface area contributed by atoms with Crippen LogP contribution < -0.4 is 15.4 Å². The van der Waals surface area contributed by atoms with Crippen LogP contribution in [0.1, 0.15) is 37.8 Å². The number of anilines is 2. The van der Waals surface area contributed by atoms with Gasteiger partial charge in [-0.15, -0.1) is 0 Å². The van der Waals surface area contributed by atoms with Crippen LogP contribution in [0.25, 0.3) is 0 Å². The lowest BCUT2D eigenvalue weighted by Crippen LogP contribution is -2.20. The lowest BCUT2D eigenvalue weighted by molar-refractivity contribution is -0.118. The molecule has 132 valence electrons. The Balaban J connectivity index is 2.00. The number of carbonyl (C=O) groups is 2. The summed E-state index contributed by atoms with van der Waals surface area (Å²) in [4.78, 5) is 23.3. The van der Waals surface area contributed by atoms with E-state index in [4.69, 9.17) is 4.74 Å². The van der Waals surface area contributed by atoms with Gasteiger partial charge in [-0.25, -0.2) is 0 Å². The maximum Gasteiger partial charge on any atom is 0.262 e. The lowest BCUT2D eigenvalue weighted by atomic mass is 10.0. The number of hydrogen-bond donors (Lipinski definition) is 2. The van der Waals surface area contributed by atoms with Gasteiger partial charge >= 0.3 is 0 Å². The van der Waals surface area contributed by atoms with Crippen LogP contribution in [0.15, 0.2) is 42.5 Å². The quantitative estimate of drug-likeness (QED) is 0.832. The molecule has 2 N–H and O–H groups in total. The second-order valence-electron chi connectivity index (χ2n) is 6.29. The standard InChI is InChI=1S/C20H24N2O3/c1-13(2)18-9-8-14(3)10-19(18)25-12-20(24)22-17-7-5-6-16(11-17)21-15(4)23/h5-11,13H,12H2,1-4H3,(H,21,23)(H,22,24). The maximum atomic E-state index is 12.2. The summed E-state index contributed by atoms with van der Waals surface area (Å²) in [7, 11) is 0. The molecule has 0 saturated carbocycles. The second kappa shape index (κ2) is 8.33. The summed E-state index contributed by atoms with van der Waals surface area (Å²) in [6.07, 6.45) is 0. The fourth-order valence-electron chi connectivity index (χ4n) is 2.46. The van der Waals surface area contributed by atoms with E-state index in [1.807, 2.05) is 25.1 Å². The Morgan fingerprint density at radius 1 is 1.04 bits per heavy atom. The highest BCUT2D eigenvalue weighted by molar-refractivity contribution is 5.94. The van der Waals surface area contributed by atoms with Crippen molar-refractivity contribution in [2.75, 3.05) is 17.2 Å². The average molecular weight is 340 g/mol. The molecule has 5 heteroatoms. The van der Waals surface area contributed by atoms with Gasteiger partial charge in [0, 0.05) is 18.3 Å². The number of benzene rings is 2. The third-order valence-electron chi connectivity index (χ3n) is 3.62. The van der Waals surface area contributed by atoms with Crippen LogP contribution in [-0.2, 0) is 9.59 Å². The Kier molecular flexibility index (Phi) is 6.17. The number of aryl methyl sites for hydroxylation is 1. The summed E-state index contributed by atoms with van der Waals surface area (Å²) in [5.41, 5.74) is 3.40. The molecule has 0 aromatic heterocycles. The molecule has 5 nitrogen and oxygen atoms in total. The molecule has 0 spiro atoms. The molecule has 2 aromatic carbocycles. The molecule has 2 rings (SSSR count). The van der Waals surface area contributed by atoms with Crippen LogP contribution in [0.3, 0.4) is 0 Å². The van der Waals surface area contributed by atoms with Gasteiger partial charge in [-0.1, -0.05) is 32.0 Å². The highest BCUT2D eigenvalue weighted by atomic mass is 16.5. The van der Waals surface area contributed by atoms with Gasteiger partial charge in [-0.3, -0.25) is 9.59 Å². The third-order valence-corrected chi connectivity index (χ3v) is 3.62. The molecule has 0 saturated heterocycles. The molecule has 2 amide bonds. The Bertz CT molecular complexity index is 769. The van der Waals surface area contributed by atoms with E-state index >= 15 is 0 Å². The number of nitrogens with one attached hydrogen (secondary N) is 2. The lowest BCUT2D eigenvalue weighted by Gasteiger charge is -2.15. The van der Waals surface area contributed by atoms with Crippen LogP contribution in [0.4, 0.5) is 11.4 Å². The van der Waals surface area contributed by atoms with Gasteiger partial charge in [0.25, 0.3) is 5.91 Å². The summed E-state index contributed by atoms with van der Waals surface area (Å²) in [6, 6.07) is 13.0. The van der Waals surface area contributed by atoms with E-state index < -0.39 is 0 Å². The number of amides is 2. The van der Waals surface area contributed by atoms with E-state index in [2.05, 4.69) is 24.5 Å². The van der Waals surface area contributed by atoms with Crippen molar-refractivity contribution in [3.8, 4) is 5.75 Å². The Labute approximate surface area is 148 Å². The van der Waals surface area contributed by atoms with Crippen molar-refractivity contribution in [1.82, 2.24) is 0 Å². The molecule has 0 atom stereocenters. The first-order valence-corrected chi connectivity index (χ1v) is 8.26. The molecule has 0 aliphatic carbocycles. The van der Waals surface area contributed by atoms with Crippen molar-refractivity contribution >= 4 is 23.2 Å². The van der Waals surface area contributed by atoms with Crippen molar-refractivity contribution in [2.24, 2.45) is 0 Å². The van der Waals surface area contributed by atoms with Crippen molar-refractivity contribution in [2.45, 2.75) is 33.6 Å². The van der Waals surface area contributed by atoms with E-state index in [-0.39, 0.29) is 18.4 Å². The largest absolute Gasteiger partial charge is 0.483 e. The fourth-order valence-corrected chi connectivity index (χ4v) is 2.46. The molecule has 0 heterocycles. The summed E-state index contributed by atoms with van der Waals surface area (Å²) in [6.45, 7) is 7.53. The minimum atomic E-state index is -0.254. The predicted octanol–water partition coefficient (Wildman–Crippen LogP) is 4.09. The smallest absolute Gasteiger partial charge is 0.262 e. The predicted molar refractivity (Wildman–Crippen MR) is 100 cm³/mol. The van der Waals surface area contributed by atoms with Crippen LogP contribution in [-0.4, -0.2) is 18.4 Å². The van der Waals surface area contributed by atoms with Crippen molar-refractivity contribution in [3.63, 3.8) is 0 Å². The molecular formula is C20H24N2O3. The molecule has 0 fully saturated rings. The van der Waals surface area contributed by atoms with Gasteiger partial charge in [0.2, 0.25) is 5.91 Å².